The summed E-state index contributed by atoms with van der Waals surface area (Å²) in [5, 5.41) is 18.8. The largest absolute Gasteiger partial charge is 0.486 e. The number of halogens is 2. The normalized spacial score (nSPS) is 15.4. The molecule has 36 heavy (non-hydrogen) atoms. The molecule has 0 radical (unpaired) electrons. The summed E-state index contributed by atoms with van der Waals surface area (Å²) >= 11 is 8.31. The lowest BCUT2D eigenvalue weighted by molar-refractivity contribution is -0.121. The number of amides is 1. The fraction of sp³-hybridized carbons (Fsp3) is 0.0769. The first-order valence-corrected chi connectivity index (χ1v) is 12.9. The lowest BCUT2D eigenvalue weighted by Gasteiger charge is -2.12. The van der Waals surface area contributed by atoms with Crippen LogP contribution in [0.5, 0.6) is 5.75 Å². The molecule has 0 atom stereocenters. The first-order valence-electron chi connectivity index (χ1n) is 10.5. The first kappa shape index (κ1) is 25.7. The summed E-state index contributed by atoms with van der Waals surface area (Å²) in [6, 6.07) is 19.2. The summed E-state index contributed by atoms with van der Waals surface area (Å²) in [4.78, 5) is 30.3. The molecule has 0 bridgehead atoms. The molecule has 1 heterocycles. The number of amidine groups is 1. The number of hydrogen-bond donors (Lipinski definition) is 1. The van der Waals surface area contributed by atoms with Crippen LogP contribution in [0.3, 0.4) is 0 Å². The van der Waals surface area contributed by atoms with Crippen molar-refractivity contribution in [3.05, 3.63) is 96.8 Å². The van der Waals surface area contributed by atoms with E-state index in [-0.39, 0.29) is 18.1 Å². The molecule has 180 valence electrons. The standard InChI is InChI=1S/C26H17Br2N3O4S/c1-31-24(32)22(36-26(31)30-19-8-6-16(7-9-19)25(33)34)12-15-10-20(27)23(21(28)11-15)35-14-18-5-3-2-4-17(18)13-29/h2-12H,14H2,1H3,(H,33,34)/b22-12-,30-26?. The van der Waals surface area contributed by atoms with E-state index in [9.17, 15) is 14.9 Å². The van der Waals surface area contributed by atoms with E-state index in [1.165, 1.54) is 28.8 Å². The van der Waals surface area contributed by atoms with Crippen LogP contribution in [-0.4, -0.2) is 34.1 Å². The number of nitrogens with zero attached hydrogens (tertiary/aromatic N) is 3. The molecule has 0 unspecified atom stereocenters. The van der Waals surface area contributed by atoms with Crippen molar-refractivity contribution in [2.24, 2.45) is 4.99 Å². The Bertz CT molecular complexity index is 1440. The van der Waals surface area contributed by atoms with Gasteiger partial charge in [-0.3, -0.25) is 9.69 Å². The van der Waals surface area contributed by atoms with Crippen LogP contribution in [0, 0.1) is 11.3 Å². The fourth-order valence-electron chi connectivity index (χ4n) is 3.30. The molecule has 1 amide bonds. The molecule has 7 nitrogen and oxygen atoms in total. The second kappa shape index (κ2) is 11.1. The number of carbonyl (C=O) groups is 2. The highest BCUT2D eigenvalue weighted by atomic mass is 79.9. The Morgan fingerprint density at radius 1 is 1.17 bits per heavy atom. The zero-order valence-electron chi connectivity index (χ0n) is 18.7. The van der Waals surface area contributed by atoms with Gasteiger partial charge in [-0.1, -0.05) is 18.2 Å². The lowest BCUT2D eigenvalue weighted by Crippen LogP contribution is -2.23. The van der Waals surface area contributed by atoms with Crippen LogP contribution in [0.1, 0.15) is 27.0 Å². The number of carbonyl (C=O) groups excluding carboxylic acids is 1. The molecule has 0 saturated carbocycles. The molecule has 0 spiro atoms. The fourth-order valence-corrected chi connectivity index (χ4v) is 5.74. The van der Waals surface area contributed by atoms with E-state index < -0.39 is 5.97 Å². The van der Waals surface area contributed by atoms with Gasteiger partial charge in [0.15, 0.2) is 5.17 Å². The summed E-state index contributed by atoms with van der Waals surface area (Å²) < 4.78 is 7.34. The predicted molar refractivity (Wildman–Crippen MR) is 146 cm³/mol. The minimum Gasteiger partial charge on any atom is -0.486 e. The number of likely N-dealkylation sites (N-methyl/N-ethyl adjacent to an activating group) is 1. The van der Waals surface area contributed by atoms with Crippen molar-refractivity contribution in [1.29, 1.82) is 5.26 Å². The molecule has 3 aromatic carbocycles. The summed E-state index contributed by atoms with van der Waals surface area (Å²) in [7, 11) is 1.64. The van der Waals surface area contributed by atoms with E-state index in [0.29, 0.717) is 36.0 Å². The van der Waals surface area contributed by atoms with Gasteiger partial charge >= 0.3 is 5.97 Å². The molecule has 3 aromatic rings. The maximum Gasteiger partial charge on any atom is 0.335 e. The van der Waals surface area contributed by atoms with E-state index in [1.807, 2.05) is 24.3 Å². The molecule has 1 fully saturated rings. The number of rotatable bonds is 6. The number of carboxylic acid groups (broad SMARTS) is 1. The van der Waals surface area contributed by atoms with Crippen LogP contribution in [-0.2, 0) is 11.4 Å². The van der Waals surface area contributed by atoms with Crippen LogP contribution in [0.15, 0.2) is 79.5 Å². The zero-order valence-corrected chi connectivity index (χ0v) is 22.7. The van der Waals surface area contributed by atoms with Gasteiger partial charge in [0.25, 0.3) is 5.91 Å². The van der Waals surface area contributed by atoms with Gasteiger partial charge in [-0.05, 0) is 97.7 Å². The third kappa shape index (κ3) is 5.70. The van der Waals surface area contributed by atoms with Crippen molar-refractivity contribution in [3.8, 4) is 11.8 Å². The third-order valence-corrected chi connectivity index (χ3v) is 7.41. The van der Waals surface area contributed by atoms with Crippen molar-refractivity contribution in [2.75, 3.05) is 7.05 Å². The lowest BCUT2D eigenvalue weighted by atomic mass is 10.1. The van der Waals surface area contributed by atoms with Crippen LogP contribution in [0.2, 0.25) is 0 Å². The van der Waals surface area contributed by atoms with Gasteiger partial charge in [0.2, 0.25) is 0 Å². The van der Waals surface area contributed by atoms with Crippen molar-refractivity contribution in [2.45, 2.75) is 6.61 Å². The molecular formula is C26H17Br2N3O4S. The van der Waals surface area contributed by atoms with Crippen molar-refractivity contribution >= 4 is 72.4 Å². The predicted octanol–water partition coefficient (Wildman–Crippen LogP) is 6.59. The monoisotopic (exact) mass is 625 g/mol. The zero-order chi connectivity index (χ0) is 25.8. The van der Waals surface area contributed by atoms with Gasteiger partial charge in [-0.15, -0.1) is 0 Å². The van der Waals surface area contributed by atoms with E-state index in [0.717, 1.165) is 11.1 Å². The maximum absolute atomic E-state index is 12.8. The summed E-state index contributed by atoms with van der Waals surface area (Å²) in [5.74, 6) is -0.622. The second-order valence-electron chi connectivity index (χ2n) is 7.59. The van der Waals surface area contributed by atoms with Gasteiger partial charge in [0, 0.05) is 12.6 Å². The summed E-state index contributed by atoms with van der Waals surface area (Å²) in [5.41, 5.74) is 2.83. The molecule has 0 aliphatic carbocycles. The minimum absolute atomic E-state index is 0.167. The Balaban J connectivity index is 1.53. The Morgan fingerprint density at radius 3 is 2.47 bits per heavy atom. The number of aliphatic imine (C=N–C) groups is 1. The first-order chi connectivity index (χ1) is 17.3. The smallest absolute Gasteiger partial charge is 0.335 e. The molecular weight excluding hydrogens is 610 g/mol. The summed E-state index contributed by atoms with van der Waals surface area (Å²) in [6.07, 6.45) is 1.77. The highest BCUT2D eigenvalue weighted by Gasteiger charge is 2.30. The van der Waals surface area contributed by atoms with Crippen LogP contribution >= 0.6 is 43.6 Å². The van der Waals surface area contributed by atoms with Gasteiger partial charge < -0.3 is 9.84 Å². The van der Waals surface area contributed by atoms with E-state index in [4.69, 9.17) is 9.84 Å². The average Bonchev–Trinajstić information content (AvgIpc) is 3.11. The van der Waals surface area contributed by atoms with Crippen molar-refractivity contribution in [3.63, 3.8) is 0 Å². The molecule has 0 aromatic heterocycles. The van der Waals surface area contributed by atoms with Crippen molar-refractivity contribution in [1.82, 2.24) is 4.90 Å². The number of hydrogen-bond acceptors (Lipinski definition) is 6. The van der Waals surface area contributed by atoms with Crippen LogP contribution < -0.4 is 4.74 Å². The SMILES string of the molecule is CN1C(=O)/C(=C/c2cc(Br)c(OCc3ccccc3C#N)c(Br)c2)SC1=Nc1ccc(C(=O)O)cc1. The second-order valence-corrected chi connectivity index (χ2v) is 10.3. The molecule has 1 saturated heterocycles. The number of thioether (sulfide) groups is 1. The minimum atomic E-state index is -1.01. The number of carboxylic acids is 1. The summed E-state index contributed by atoms with van der Waals surface area (Å²) in [6.45, 7) is 0.230. The quantitative estimate of drug-likeness (QED) is 0.310. The van der Waals surface area contributed by atoms with E-state index >= 15 is 0 Å². The van der Waals surface area contributed by atoms with Crippen LogP contribution in [0.4, 0.5) is 5.69 Å². The van der Waals surface area contributed by atoms with Gasteiger partial charge in [0.1, 0.15) is 12.4 Å². The highest BCUT2D eigenvalue weighted by molar-refractivity contribution is 9.11. The molecule has 10 heteroatoms. The Morgan fingerprint density at radius 2 is 1.83 bits per heavy atom. The maximum atomic E-state index is 12.8. The molecule has 1 N–H and O–H groups in total. The van der Waals surface area contributed by atoms with Gasteiger partial charge in [0.05, 0.1) is 36.7 Å². The number of ether oxygens (including phenoxy) is 1. The molecule has 4 rings (SSSR count). The topological polar surface area (TPSA) is 103 Å². The van der Waals surface area contributed by atoms with Gasteiger partial charge in [-0.25, -0.2) is 9.79 Å². The third-order valence-electron chi connectivity index (χ3n) is 5.17. The Labute approximate surface area is 228 Å². The number of nitriles is 1. The van der Waals surface area contributed by atoms with Gasteiger partial charge in [-0.2, -0.15) is 5.26 Å². The molecule has 1 aliphatic rings. The van der Waals surface area contributed by atoms with Crippen LogP contribution in [0.25, 0.3) is 6.08 Å². The Kier molecular flexibility index (Phi) is 7.94. The molecule has 1 aliphatic heterocycles. The number of benzene rings is 3. The Hall–Kier alpha value is -3.39. The van der Waals surface area contributed by atoms with E-state index in [1.54, 1.807) is 37.4 Å². The number of aromatic carboxylic acids is 1. The van der Waals surface area contributed by atoms with E-state index in [2.05, 4.69) is 42.9 Å². The highest BCUT2D eigenvalue weighted by Crippen LogP contribution is 2.38. The van der Waals surface area contributed by atoms with Crippen molar-refractivity contribution < 1.29 is 19.4 Å². The average molecular weight is 627 g/mol.